The van der Waals surface area contributed by atoms with Crippen LogP contribution in [0.25, 0.3) is 6.08 Å². The summed E-state index contributed by atoms with van der Waals surface area (Å²) < 4.78 is 18.0. The lowest BCUT2D eigenvalue weighted by Crippen LogP contribution is -2.56. The molecule has 0 aliphatic carbocycles. The Bertz CT molecular complexity index is 448. The number of piperazine rings is 1. The number of nitrogens with zero attached hydrogens (tertiary/aromatic N) is 2. The second-order valence-corrected chi connectivity index (χ2v) is 5.48. The van der Waals surface area contributed by atoms with Gasteiger partial charge in [-0.25, -0.2) is 4.39 Å². The molecule has 2 heterocycles. The van der Waals surface area contributed by atoms with Crippen molar-refractivity contribution in [2.45, 2.75) is 6.04 Å². The molecule has 0 aromatic heterocycles. The third-order valence-corrected chi connectivity index (χ3v) is 4.09. The Morgan fingerprint density at radius 2 is 1.80 bits per heavy atom. The summed E-state index contributed by atoms with van der Waals surface area (Å²) in [5, 5.41) is 0. The van der Waals surface area contributed by atoms with Crippen LogP contribution in [0.2, 0.25) is 0 Å². The smallest absolute Gasteiger partial charge is 0.123 e. The first-order valence-corrected chi connectivity index (χ1v) is 7.27. The third-order valence-electron chi connectivity index (χ3n) is 4.09. The van der Waals surface area contributed by atoms with Crippen molar-refractivity contribution in [3.8, 4) is 0 Å². The third kappa shape index (κ3) is 3.45. The summed E-state index contributed by atoms with van der Waals surface area (Å²) in [5.41, 5.74) is 1.05. The van der Waals surface area contributed by atoms with Crippen LogP contribution in [-0.4, -0.2) is 61.8 Å². The van der Waals surface area contributed by atoms with Crippen molar-refractivity contribution in [2.75, 3.05) is 45.9 Å². The highest BCUT2D eigenvalue weighted by molar-refractivity contribution is 5.48. The Kier molecular flexibility index (Phi) is 4.45. The molecule has 2 fully saturated rings. The summed E-state index contributed by atoms with van der Waals surface area (Å²) in [6.07, 6.45) is 4.22. The fourth-order valence-electron chi connectivity index (χ4n) is 2.66. The van der Waals surface area contributed by atoms with Gasteiger partial charge in [0.15, 0.2) is 0 Å². The maximum Gasteiger partial charge on any atom is 0.123 e. The highest BCUT2D eigenvalue weighted by Crippen LogP contribution is 2.13. The van der Waals surface area contributed by atoms with Crippen LogP contribution < -0.4 is 0 Å². The minimum absolute atomic E-state index is 0.182. The first kappa shape index (κ1) is 13.7. The summed E-state index contributed by atoms with van der Waals surface area (Å²) in [7, 11) is 0. The van der Waals surface area contributed by atoms with Crippen LogP contribution in [0, 0.1) is 5.82 Å². The van der Waals surface area contributed by atoms with Gasteiger partial charge in [-0.1, -0.05) is 24.3 Å². The maximum atomic E-state index is 12.8. The minimum Gasteiger partial charge on any atom is -0.378 e. The summed E-state index contributed by atoms with van der Waals surface area (Å²) in [6, 6.07) is 7.27. The fraction of sp³-hybridized carbons (Fsp3) is 0.500. The van der Waals surface area contributed by atoms with Crippen molar-refractivity contribution >= 4 is 6.08 Å². The van der Waals surface area contributed by atoms with E-state index in [-0.39, 0.29) is 5.82 Å². The molecule has 0 saturated carbocycles. The van der Waals surface area contributed by atoms with Gasteiger partial charge in [0.1, 0.15) is 5.82 Å². The Morgan fingerprint density at radius 1 is 1.10 bits per heavy atom. The molecule has 2 aliphatic heterocycles. The van der Waals surface area contributed by atoms with Crippen molar-refractivity contribution < 1.29 is 9.13 Å². The van der Waals surface area contributed by atoms with E-state index < -0.39 is 0 Å². The number of halogens is 1. The molecule has 1 aromatic carbocycles. The van der Waals surface area contributed by atoms with Crippen LogP contribution >= 0.6 is 0 Å². The number of rotatable bonds is 4. The van der Waals surface area contributed by atoms with E-state index >= 15 is 0 Å². The van der Waals surface area contributed by atoms with Crippen molar-refractivity contribution in [3.05, 3.63) is 41.7 Å². The van der Waals surface area contributed by atoms with E-state index in [9.17, 15) is 4.39 Å². The van der Waals surface area contributed by atoms with Crippen LogP contribution in [0.5, 0.6) is 0 Å². The number of hydrogen-bond donors (Lipinski definition) is 0. The molecule has 0 radical (unpaired) electrons. The van der Waals surface area contributed by atoms with Gasteiger partial charge < -0.3 is 4.74 Å². The van der Waals surface area contributed by atoms with E-state index in [0.717, 1.165) is 51.5 Å². The van der Waals surface area contributed by atoms with Crippen molar-refractivity contribution in [2.24, 2.45) is 0 Å². The molecule has 0 amide bonds. The molecule has 4 heteroatoms. The Hall–Kier alpha value is -1.23. The molecule has 3 rings (SSSR count). The van der Waals surface area contributed by atoms with Crippen LogP contribution in [-0.2, 0) is 4.74 Å². The van der Waals surface area contributed by atoms with E-state index in [2.05, 4.69) is 22.0 Å². The highest BCUT2D eigenvalue weighted by atomic mass is 19.1. The van der Waals surface area contributed by atoms with E-state index in [1.54, 1.807) is 12.1 Å². The standard InChI is InChI=1S/C16H21FN2O/c17-15-5-3-14(4-6-15)2-1-7-18-8-10-19(11-9-18)16-12-20-13-16/h1-6,16H,7-13H2/b2-1+. The first-order chi connectivity index (χ1) is 9.81. The largest absolute Gasteiger partial charge is 0.378 e. The van der Waals surface area contributed by atoms with E-state index in [4.69, 9.17) is 4.74 Å². The number of hydrogen-bond acceptors (Lipinski definition) is 3. The van der Waals surface area contributed by atoms with Gasteiger partial charge in [0.05, 0.1) is 19.3 Å². The Morgan fingerprint density at radius 3 is 2.40 bits per heavy atom. The lowest BCUT2D eigenvalue weighted by atomic mass is 10.1. The first-order valence-electron chi connectivity index (χ1n) is 7.27. The van der Waals surface area contributed by atoms with Gasteiger partial charge in [-0.2, -0.15) is 0 Å². The Balaban J connectivity index is 1.42. The zero-order chi connectivity index (χ0) is 13.8. The molecule has 0 bridgehead atoms. The van der Waals surface area contributed by atoms with Gasteiger partial charge in [-0.15, -0.1) is 0 Å². The van der Waals surface area contributed by atoms with Crippen molar-refractivity contribution in [3.63, 3.8) is 0 Å². The van der Waals surface area contributed by atoms with Gasteiger partial charge in [-0.3, -0.25) is 9.80 Å². The summed E-state index contributed by atoms with van der Waals surface area (Å²) in [4.78, 5) is 4.99. The molecular formula is C16H21FN2O. The molecular weight excluding hydrogens is 255 g/mol. The molecule has 108 valence electrons. The van der Waals surface area contributed by atoms with Crippen LogP contribution in [0.3, 0.4) is 0 Å². The highest BCUT2D eigenvalue weighted by Gasteiger charge is 2.28. The molecule has 3 nitrogen and oxygen atoms in total. The molecule has 20 heavy (non-hydrogen) atoms. The van der Waals surface area contributed by atoms with Gasteiger partial charge >= 0.3 is 0 Å². The SMILES string of the molecule is Fc1ccc(/C=C/CN2CCN(C3COC3)CC2)cc1. The van der Waals surface area contributed by atoms with E-state index in [1.165, 1.54) is 12.1 Å². The number of ether oxygens (including phenoxy) is 1. The normalized spacial score (nSPS) is 22.2. The van der Waals surface area contributed by atoms with Crippen LogP contribution in [0.1, 0.15) is 5.56 Å². The average molecular weight is 276 g/mol. The lowest BCUT2D eigenvalue weighted by Gasteiger charge is -2.42. The second-order valence-electron chi connectivity index (χ2n) is 5.48. The molecule has 0 unspecified atom stereocenters. The summed E-state index contributed by atoms with van der Waals surface area (Å²) in [6.45, 7) is 7.28. The zero-order valence-electron chi connectivity index (χ0n) is 11.7. The molecule has 2 saturated heterocycles. The minimum atomic E-state index is -0.182. The lowest BCUT2D eigenvalue weighted by molar-refractivity contribution is -0.0761. The fourth-order valence-corrected chi connectivity index (χ4v) is 2.66. The molecule has 0 spiro atoms. The molecule has 0 N–H and O–H groups in total. The predicted octanol–water partition coefficient (Wildman–Crippen LogP) is 1.86. The Labute approximate surface area is 119 Å². The monoisotopic (exact) mass is 276 g/mol. The summed E-state index contributed by atoms with van der Waals surface area (Å²) in [5.74, 6) is -0.182. The quantitative estimate of drug-likeness (QED) is 0.835. The van der Waals surface area contributed by atoms with Crippen LogP contribution in [0.4, 0.5) is 4.39 Å². The zero-order valence-corrected chi connectivity index (χ0v) is 11.7. The maximum absolute atomic E-state index is 12.8. The molecule has 2 aliphatic rings. The van der Waals surface area contributed by atoms with Crippen LogP contribution in [0.15, 0.2) is 30.3 Å². The van der Waals surface area contributed by atoms with Crippen molar-refractivity contribution in [1.82, 2.24) is 9.80 Å². The topological polar surface area (TPSA) is 15.7 Å². The van der Waals surface area contributed by atoms with Gasteiger partial charge in [0.2, 0.25) is 0 Å². The summed E-state index contributed by atoms with van der Waals surface area (Å²) >= 11 is 0. The van der Waals surface area contributed by atoms with Crippen molar-refractivity contribution in [1.29, 1.82) is 0 Å². The van der Waals surface area contributed by atoms with Gasteiger partial charge in [0, 0.05) is 32.7 Å². The molecule has 0 atom stereocenters. The van der Waals surface area contributed by atoms with Gasteiger partial charge in [0.25, 0.3) is 0 Å². The number of benzene rings is 1. The average Bonchev–Trinajstić information content (AvgIpc) is 2.41. The van der Waals surface area contributed by atoms with E-state index in [0.29, 0.717) is 6.04 Å². The van der Waals surface area contributed by atoms with Gasteiger partial charge in [-0.05, 0) is 17.7 Å². The van der Waals surface area contributed by atoms with E-state index in [1.807, 2.05) is 0 Å². The molecule has 1 aromatic rings. The second kappa shape index (κ2) is 6.48. The predicted molar refractivity (Wildman–Crippen MR) is 78.1 cm³/mol.